The maximum Gasteiger partial charge on any atom is 0.407 e. The molecule has 3 aromatic rings. The molecule has 5 rings (SSSR count). The van der Waals surface area contributed by atoms with Crippen molar-refractivity contribution in [1.82, 2.24) is 25.1 Å². The van der Waals surface area contributed by atoms with E-state index in [1.165, 1.54) is 25.4 Å². The van der Waals surface area contributed by atoms with E-state index in [4.69, 9.17) is 9.47 Å². The maximum absolute atomic E-state index is 14.3. The van der Waals surface area contributed by atoms with Crippen LogP contribution in [0.5, 0.6) is 5.75 Å². The van der Waals surface area contributed by atoms with Gasteiger partial charge in [0.25, 0.3) is 0 Å². The fourth-order valence-electron chi connectivity index (χ4n) is 6.93. The molecule has 292 valence electrons. The highest BCUT2D eigenvalue weighted by molar-refractivity contribution is 6.03. The summed E-state index contributed by atoms with van der Waals surface area (Å²) in [4.78, 5) is 67.8. The highest BCUT2D eigenvalue weighted by atomic mass is 16.5. The fourth-order valence-corrected chi connectivity index (χ4v) is 6.93. The lowest BCUT2D eigenvalue weighted by atomic mass is 9.84. The van der Waals surface area contributed by atoms with Crippen LogP contribution in [0.4, 0.5) is 27.7 Å². The normalized spacial score (nSPS) is 17.4. The highest BCUT2D eigenvalue weighted by Crippen LogP contribution is 2.36. The molecule has 4 amide bonds. The Hall–Kier alpha value is -5.18. The van der Waals surface area contributed by atoms with Crippen LogP contribution in [0.15, 0.2) is 42.7 Å². The molecule has 4 N–H and O–H groups in total. The molecule has 0 radical (unpaired) electrons. The summed E-state index contributed by atoms with van der Waals surface area (Å²) in [6, 6.07) is 8.61. The summed E-state index contributed by atoms with van der Waals surface area (Å²) in [7, 11) is 2.86. The number of aromatic nitrogens is 2. The van der Waals surface area contributed by atoms with Gasteiger partial charge in [0, 0.05) is 38.1 Å². The minimum absolute atomic E-state index is 0.248. The molecule has 2 aromatic carbocycles. The largest absolute Gasteiger partial charge is 0.494 e. The Balaban J connectivity index is 1.39. The topological polar surface area (TPSA) is 179 Å². The first kappa shape index (κ1) is 40.0. The second-order valence-electron chi connectivity index (χ2n) is 16.2. The Morgan fingerprint density at radius 2 is 1.72 bits per heavy atom. The molecule has 15 nitrogen and oxygen atoms in total. The number of likely N-dealkylation sites (tertiary alicyclic amines) is 1. The molecular weight excluding hydrogens is 692 g/mol. The number of methoxy groups -OCH3 is 1. The van der Waals surface area contributed by atoms with Gasteiger partial charge in [0.2, 0.25) is 17.7 Å². The van der Waals surface area contributed by atoms with Crippen molar-refractivity contribution < 1.29 is 33.8 Å². The molecule has 0 unspecified atom stereocenters. The second kappa shape index (κ2) is 16.5. The van der Waals surface area contributed by atoms with Gasteiger partial charge in [-0.15, -0.1) is 0 Å². The van der Waals surface area contributed by atoms with Crippen molar-refractivity contribution >= 4 is 57.6 Å². The van der Waals surface area contributed by atoms with Crippen LogP contribution >= 0.6 is 0 Å². The van der Waals surface area contributed by atoms with E-state index in [0.717, 1.165) is 29.4 Å². The average Bonchev–Trinajstić information content (AvgIpc) is 3.62. The first-order valence-corrected chi connectivity index (χ1v) is 18.4. The number of carbonyl (C=O) groups is 4. The predicted molar refractivity (Wildman–Crippen MR) is 207 cm³/mol. The summed E-state index contributed by atoms with van der Waals surface area (Å²) in [6.07, 6.45) is 1.48. The van der Waals surface area contributed by atoms with Crippen molar-refractivity contribution in [1.29, 1.82) is 0 Å². The fraction of sp³-hybridized carbons (Fsp3) is 0.538. The zero-order valence-corrected chi connectivity index (χ0v) is 32.6. The molecule has 0 spiro atoms. The van der Waals surface area contributed by atoms with E-state index in [9.17, 15) is 24.3 Å². The number of benzene rings is 2. The van der Waals surface area contributed by atoms with Crippen LogP contribution in [-0.4, -0.2) is 114 Å². The zero-order chi connectivity index (χ0) is 39.4. The van der Waals surface area contributed by atoms with Gasteiger partial charge in [-0.3, -0.25) is 19.3 Å². The number of carboxylic acid groups (broad SMARTS) is 1. The first-order valence-electron chi connectivity index (χ1n) is 18.4. The molecule has 2 saturated heterocycles. The van der Waals surface area contributed by atoms with Crippen LogP contribution in [0.2, 0.25) is 0 Å². The number of hydrogen-bond donors (Lipinski definition) is 4. The van der Waals surface area contributed by atoms with Crippen molar-refractivity contribution in [2.45, 2.75) is 78.9 Å². The van der Waals surface area contributed by atoms with Gasteiger partial charge in [-0.25, -0.2) is 14.8 Å². The summed E-state index contributed by atoms with van der Waals surface area (Å²) in [5.74, 6) is -0.456. The zero-order valence-electron chi connectivity index (χ0n) is 32.6. The standard InChI is InChI=1S/C39H54N8O7/c1-38(2,3)22-30(45(7)37(51)52)35(49)44-32(39(4,5)6)36(50)47-15-11-14-29(47)34(48)43-27-20-24-26(21-31(27)53-8)40-23-41-33(24)42-25-12-9-10-13-28(25)46-16-18-54-19-17-46/h9-10,12-13,20-21,23,29-30,32H,11,14-19,22H2,1-8H3,(H,43,48)(H,44,49)(H,51,52)(H,40,41,42)/t29-,30-,32+/m0/s1. The number of ether oxygens (including phenoxy) is 2. The van der Waals surface area contributed by atoms with E-state index in [1.54, 1.807) is 12.1 Å². The van der Waals surface area contributed by atoms with E-state index in [1.807, 2.05) is 59.7 Å². The van der Waals surface area contributed by atoms with Gasteiger partial charge in [-0.1, -0.05) is 53.7 Å². The maximum atomic E-state index is 14.3. The number of morpholine rings is 1. The Labute approximate surface area is 316 Å². The molecule has 1 aromatic heterocycles. The van der Waals surface area contributed by atoms with Crippen molar-refractivity contribution in [2.75, 3.05) is 62.5 Å². The van der Waals surface area contributed by atoms with Gasteiger partial charge in [0.1, 0.15) is 36.0 Å². The Morgan fingerprint density at radius 3 is 2.37 bits per heavy atom. The number of amides is 4. The van der Waals surface area contributed by atoms with Crippen molar-refractivity contribution in [3.63, 3.8) is 0 Å². The third-order valence-electron chi connectivity index (χ3n) is 9.84. The number of likely N-dealkylation sites (N-methyl/N-ethyl adjacent to an activating group) is 1. The quantitative estimate of drug-likeness (QED) is 0.205. The van der Waals surface area contributed by atoms with Gasteiger partial charge in [-0.05, 0) is 48.3 Å². The van der Waals surface area contributed by atoms with E-state index in [0.29, 0.717) is 60.8 Å². The van der Waals surface area contributed by atoms with Crippen LogP contribution in [0.3, 0.4) is 0 Å². The lowest BCUT2D eigenvalue weighted by Gasteiger charge is -2.37. The van der Waals surface area contributed by atoms with Crippen molar-refractivity contribution in [3.05, 3.63) is 42.7 Å². The molecular formula is C39H54N8O7. The lowest BCUT2D eigenvalue weighted by molar-refractivity contribution is -0.143. The molecule has 2 aliphatic rings. The number of carbonyl (C=O) groups excluding carboxylic acids is 3. The molecule has 0 saturated carbocycles. The minimum Gasteiger partial charge on any atom is -0.494 e. The summed E-state index contributed by atoms with van der Waals surface area (Å²) in [5, 5.41) is 19.7. The molecule has 0 aliphatic carbocycles. The number of nitrogens with one attached hydrogen (secondary N) is 3. The third kappa shape index (κ3) is 9.30. The Morgan fingerprint density at radius 1 is 1.02 bits per heavy atom. The van der Waals surface area contributed by atoms with Crippen LogP contribution < -0.4 is 25.6 Å². The van der Waals surface area contributed by atoms with Gasteiger partial charge >= 0.3 is 6.09 Å². The second-order valence-corrected chi connectivity index (χ2v) is 16.2. The summed E-state index contributed by atoms with van der Waals surface area (Å²) < 4.78 is 11.2. The van der Waals surface area contributed by atoms with Gasteiger partial charge < -0.3 is 40.3 Å². The molecule has 2 aliphatic heterocycles. The molecule has 54 heavy (non-hydrogen) atoms. The number of rotatable bonds is 11. The van der Waals surface area contributed by atoms with Gasteiger partial charge in [0.05, 0.1) is 42.9 Å². The van der Waals surface area contributed by atoms with Crippen molar-refractivity contribution in [3.8, 4) is 5.75 Å². The Kier molecular flexibility index (Phi) is 12.2. The number of para-hydroxylation sites is 2. The summed E-state index contributed by atoms with van der Waals surface area (Å²) in [6.45, 7) is 14.4. The van der Waals surface area contributed by atoms with E-state index in [2.05, 4.69) is 36.9 Å². The summed E-state index contributed by atoms with van der Waals surface area (Å²) >= 11 is 0. The molecule has 15 heteroatoms. The minimum atomic E-state index is -1.24. The molecule has 3 atom stereocenters. The van der Waals surface area contributed by atoms with E-state index < -0.39 is 47.4 Å². The van der Waals surface area contributed by atoms with E-state index in [-0.39, 0.29) is 11.8 Å². The first-order chi connectivity index (χ1) is 25.5. The summed E-state index contributed by atoms with van der Waals surface area (Å²) in [5.41, 5.74) is 1.74. The molecule has 3 heterocycles. The Bertz CT molecular complexity index is 1850. The number of fused-ring (bicyclic) bond motifs is 1. The average molecular weight is 747 g/mol. The van der Waals surface area contributed by atoms with Gasteiger partial charge in [-0.2, -0.15) is 0 Å². The van der Waals surface area contributed by atoms with Gasteiger partial charge in [0.15, 0.2) is 0 Å². The monoisotopic (exact) mass is 746 g/mol. The van der Waals surface area contributed by atoms with Crippen LogP contribution in [0.25, 0.3) is 10.9 Å². The lowest BCUT2D eigenvalue weighted by Crippen LogP contribution is -2.60. The molecule has 2 fully saturated rings. The van der Waals surface area contributed by atoms with Crippen LogP contribution in [0.1, 0.15) is 60.8 Å². The molecule has 0 bridgehead atoms. The smallest absolute Gasteiger partial charge is 0.407 e. The van der Waals surface area contributed by atoms with E-state index >= 15 is 0 Å². The highest BCUT2D eigenvalue weighted by Gasteiger charge is 2.43. The van der Waals surface area contributed by atoms with Crippen LogP contribution in [-0.2, 0) is 19.1 Å². The number of nitrogens with zero attached hydrogens (tertiary/aromatic N) is 5. The van der Waals surface area contributed by atoms with Crippen LogP contribution in [0, 0.1) is 10.8 Å². The SMILES string of the molecule is COc1cc2ncnc(Nc3ccccc3N3CCOCC3)c2cc1NC(=O)[C@@H]1CCCN1C(=O)[C@@H](NC(=O)[C@H](CC(C)(C)C)N(C)C(=O)O)C(C)(C)C. The number of anilines is 4. The third-order valence-corrected chi connectivity index (χ3v) is 9.84. The number of hydrogen-bond acceptors (Lipinski definition) is 10. The predicted octanol–water partition coefficient (Wildman–Crippen LogP) is 5.09. The van der Waals surface area contributed by atoms with Crippen molar-refractivity contribution in [2.24, 2.45) is 10.8 Å².